The lowest BCUT2D eigenvalue weighted by Crippen LogP contribution is -2.12. The Hall–Kier alpha value is -3.30. The summed E-state index contributed by atoms with van der Waals surface area (Å²) in [5, 5.41) is 6.07. The number of esters is 1. The summed E-state index contributed by atoms with van der Waals surface area (Å²) in [6.45, 7) is 2.12. The van der Waals surface area contributed by atoms with Gasteiger partial charge in [0.25, 0.3) is 0 Å². The first-order valence-corrected chi connectivity index (χ1v) is 14.5. The Labute approximate surface area is 254 Å². The minimum atomic E-state index is -0.501. The summed E-state index contributed by atoms with van der Waals surface area (Å²) in [5.41, 5.74) is 3.23. The summed E-state index contributed by atoms with van der Waals surface area (Å²) in [5.74, 6) is 0.0766. The van der Waals surface area contributed by atoms with Gasteiger partial charge in [-0.2, -0.15) is 0 Å². The number of carbonyl (C=O) groups excluding carboxylic acids is 2. The van der Waals surface area contributed by atoms with Crippen molar-refractivity contribution in [3.8, 4) is 22.6 Å². The number of carbonyl (C=O) groups is 2. The molecule has 0 unspecified atom stereocenters. The maximum absolute atomic E-state index is 12.8. The molecular weight excluding hydrogens is 637 g/mol. The molecule has 0 aliphatic carbocycles. The highest BCUT2D eigenvalue weighted by molar-refractivity contribution is 9.10. The Morgan fingerprint density at radius 1 is 1.02 bits per heavy atom. The summed E-state index contributed by atoms with van der Waals surface area (Å²) in [4.78, 5) is 25.6. The maximum atomic E-state index is 12.8. The number of anilines is 1. The minimum Gasteiger partial charge on any atom is -0.493 e. The topological polar surface area (TPSA) is 73.9 Å². The second kappa shape index (κ2) is 13.9. The third-order valence-electron chi connectivity index (χ3n) is 5.71. The van der Waals surface area contributed by atoms with E-state index in [1.54, 1.807) is 49.4 Å². The van der Waals surface area contributed by atoms with E-state index in [1.165, 1.54) is 24.5 Å². The first kappa shape index (κ1) is 29.7. The molecular formula is C30H24BrCl2NO5S. The van der Waals surface area contributed by atoms with Crippen LogP contribution in [-0.4, -0.2) is 25.6 Å². The van der Waals surface area contributed by atoms with Gasteiger partial charge < -0.3 is 19.5 Å². The van der Waals surface area contributed by atoms with Gasteiger partial charge in [0.15, 0.2) is 11.5 Å². The number of hydrogen-bond donors (Lipinski definition) is 1. The zero-order chi connectivity index (χ0) is 28.6. The molecule has 0 saturated carbocycles. The van der Waals surface area contributed by atoms with Crippen LogP contribution < -0.4 is 14.8 Å². The molecule has 10 heteroatoms. The molecule has 0 saturated heterocycles. The average Bonchev–Trinajstić information content (AvgIpc) is 3.36. The van der Waals surface area contributed by atoms with Crippen molar-refractivity contribution in [2.24, 2.45) is 0 Å². The van der Waals surface area contributed by atoms with Crippen LogP contribution in [0.5, 0.6) is 11.5 Å². The van der Waals surface area contributed by atoms with Gasteiger partial charge in [0.1, 0.15) is 17.2 Å². The predicted octanol–water partition coefficient (Wildman–Crippen LogP) is 8.90. The second-order valence-electron chi connectivity index (χ2n) is 8.30. The number of nitrogens with one attached hydrogen (secondary N) is 1. The summed E-state index contributed by atoms with van der Waals surface area (Å²) in [6.07, 6.45) is 3.02. The fourth-order valence-corrected chi connectivity index (χ4v) is 5.48. The molecule has 206 valence electrons. The molecule has 0 aliphatic heterocycles. The Bertz CT molecular complexity index is 1530. The van der Waals surface area contributed by atoms with Gasteiger partial charge in [-0.15, -0.1) is 11.3 Å². The van der Waals surface area contributed by atoms with Gasteiger partial charge >= 0.3 is 5.97 Å². The van der Waals surface area contributed by atoms with Crippen molar-refractivity contribution >= 4 is 73.4 Å². The van der Waals surface area contributed by atoms with Crippen molar-refractivity contribution < 1.29 is 23.8 Å². The van der Waals surface area contributed by atoms with Gasteiger partial charge in [0, 0.05) is 37.1 Å². The van der Waals surface area contributed by atoms with Crippen LogP contribution >= 0.6 is 50.5 Å². The molecule has 40 heavy (non-hydrogen) atoms. The second-order valence-corrected chi connectivity index (χ2v) is 10.9. The third kappa shape index (κ3) is 7.26. The van der Waals surface area contributed by atoms with Gasteiger partial charge in [0.2, 0.25) is 5.91 Å². The van der Waals surface area contributed by atoms with Crippen LogP contribution in [0.25, 0.3) is 17.2 Å². The van der Waals surface area contributed by atoms with Crippen LogP contribution in [0.1, 0.15) is 28.4 Å². The third-order valence-corrected chi connectivity index (χ3v) is 7.84. The predicted molar refractivity (Wildman–Crippen MR) is 165 cm³/mol. The molecule has 6 nitrogen and oxygen atoms in total. The van der Waals surface area contributed by atoms with Crippen molar-refractivity contribution in [2.45, 2.75) is 13.5 Å². The minimum absolute atomic E-state index is 0.165. The van der Waals surface area contributed by atoms with E-state index in [1.807, 2.05) is 29.6 Å². The van der Waals surface area contributed by atoms with E-state index in [4.69, 9.17) is 37.4 Å². The number of halogens is 3. The normalized spacial score (nSPS) is 10.9. The van der Waals surface area contributed by atoms with Crippen LogP contribution in [-0.2, 0) is 16.1 Å². The largest absolute Gasteiger partial charge is 0.493 e. The van der Waals surface area contributed by atoms with E-state index < -0.39 is 11.9 Å². The monoisotopic (exact) mass is 659 g/mol. The molecule has 3 aromatic carbocycles. The van der Waals surface area contributed by atoms with Gasteiger partial charge in [-0.1, -0.05) is 63.4 Å². The molecule has 0 aliphatic rings. The standard InChI is InChI=1S/C30H24BrCl2NO5S/c1-3-38-30(36)28-22(19-9-11-20(31)12-10-19)17-40-29(28)34-27(35)14-8-18-7-13-25(26(15-18)37-2)39-16-21-23(32)5-4-6-24(21)33/h4-15,17H,3,16H2,1-2H3,(H,34,35)/b14-8+. The van der Waals surface area contributed by atoms with Gasteiger partial charge in [-0.05, 0) is 60.5 Å². The SMILES string of the molecule is CCOC(=O)c1c(-c2ccc(Br)cc2)csc1NC(=O)/C=C/c1ccc(OCc2c(Cl)cccc2Cl)c(OC)c1. The smallest absolute Gasteiger partial charge is 0.341 e. The summed E-state index contributed by atoms with van der Waals surface area (Å²) < 4.78 is 17.6. The summed E-state index contributed by atoms with van der Waals surface area (Å²) >= 11 is 17.2. The van der Waals surface area contributed by atoms with Crippen LogP contribution in [0.15, 0.2) is 76.6 Å². The van der Waals surface area contributed by atoms with E-state index in [0.29, 0.717) is 48.8 Å². The molecule has 0 spiro atoms. The van der Waals surface area contributed by atoms with Crippen molar-refractivity contribution in [2.75, 3.05) is 19.0 Å². The lowest BCUT2D eigenvalue weighted by atomic mass is 10.0. The fraction of sp³-hybridized carbons (Fsp3) is 0.133. The van der Waals surface area contributed by atoms with Crippen molar-refractivity contribution in [3.05, 3.63) is 103 Å². The molecule has 1 heterocycles. The molecule has 0 radical (unpaired) electrons. The molecule has 4 aromatic rings. The molecule has 1 aromatic heterocycles. The first-order chi connectivity index (χ1) is 19.3. The average molecular weight is 661 g/mol. The molecule has 4 rings (SSSR count). The molecule has 1 amide bonds. The molecule has 0 fully saturated rings. The number of benzene rings is 3. The lowest BCUT2D eigenvalue weighted by Gasteiger charge is -2.13. The highest BCUT2D eigenvalue weighted by atomic mass is 79.9. The Morgan fingerprint density at radius 2 is 1.75 bits per heavy atom. The summed E-state index contributed by atoms with van der Waals surface area (Å²) in [6, 6.07) is 18.1. The van der Waals surface area contributed by atoms with E-state index in [2.05, 4.69) is 21.2 Å². The quantitative estimate of drug-likeness (QED) is 0.136. The number of rotatable bonds is 10. The van der Waals surface area contributed by atoms with Crippen molar-refractivity contribution in [1.29, 1.82) is 0 Å². The lowest BCUT2D eigenvalue weighted by molar-refractivity contribution is -0.111. The summed E-state index contributed by atoms with van der Waals surface area (Å²) in [7, 11) is 1.53. The molecule has 0 atom stereocenters. The number of ether oxygens (including phenoxy) is 3. The fourth-order valence-electron chi connectivity index (χ4n) is 3.75. The van der Waals surface area contributed by atoms with E-state index >= 15 is 0 Å². The Balaban J connectivity index is 1.49. The Kier molecular flexibility index (Phi) is 10.3. The van der Waals surface area contributed by atoms with E-state index in [-0.39, 0.29) is 13.2 Å². The van der Waals surface area contributed by atoms with E-state index in [9.17, 15) is 9.59 Å². The zero-order valence-electron chi connectivity index (χ0n) is 21.5. The zero-order valence-corrected chi connectivity index (χ0v) is 25.4. The number of amides is 1. The highest BCUT2D eigenvalue weighted by Gasteiger charge is 2.22. The van der Waals surface area contributed by atoms with Gasteiger partial charge in [-0.25, -0.2) is 4.79 Å². The van der Waals surface area contributed by atoms with E-state index in [0.717, 1.165) is 10.0 Å². The maximum Gasteiger partial charge on any atom is 0.341 e. The first-order valence-electron chi connectivity index (χ1n) is 12.1. The van der Waals surface area contributed by atoms with Crippen LogP contribution in [0.3, 0.4) is 0 Å². The Morgan fingerprint density at radius 3 is 2.42 bits per heavy atom. The van der Waals surface area contributed by atoms with Crippen LogP contribution in [0.2, 0.25) is 10.0 Å². The number of methoxy groups -OCH3 is 1. The van der Waals surface area contributed by atoms with Crippen molar-refractivity contribution in [1.82, 2.24) is 0 Å². The van der Waals surface area contributed by atoms with Crippen LogP contribution in [0.4, 0.5) is 5.00 Å². The molecule has 0 bridgehead atoms. The van der Waals surface area contributed by atoms with Crippen LogP contribution in [0, 0.1) is 0 Å². The highest BCUT2D eigenvalue weighted by Crippen LogP contribution is 2.37. The van der Waals surface area contributed by atoms with Gasteiger partial charge in [0.05, 0.1) is 13.7 Å². The molecule has 1 N–H and O–H groups in total. The number of hydrogen-bond acceptors (Lipinski definition) is 6. The van der Waals surface area contributed by atoms with Crippen molar-refractivity contribution in [3.63, 3.8) is 0 Å². The van der Waals surface area contributed by atoms with Gasteiger partial charge in [-0.3, -0.25) is 4.79 Å². The number of thiophene rings is 1.